The number of fused-ring (bicyclic) bond motifs is 1. The molecule has 0 saturated carbocycles. The molecule has 2 nitrogen and oxygen atoms in total. The van der Waals surface area contributed by atoms with Gasteiger partial charge in [-0.1, -0.05) is 6.07 Å². The molecular weight excluding hydrogens is 229 g/mol. The summed E-state index contributed by atoms with van der Waals surface area (Å²) in [5.41, 5.74) is 3.58. The molecule has 98 valence electrons. The van der Waals surface area contributed by atoms with Crippen molar-refractivity contribution in [3.05, 3.63) is 34.6 Å². The summed E-state index contributed by atoms with van der Waals surface area (Å²) in [6, 6.07) is 3.61. The van der Waals surface area contributed by atoms with E-state index in [0.29, 0.717) is 6.10 Å². The van der Waals surface area contributed by atoms with Gasteiger partial charge in [-0.15, -0.1) is 0 Å². The standard InChI is InChI=1S/C15H20FNO/c16-15-7-5-11(13-2-1-3-14(13)15)4-6-12-10-17-8-9-18-12/h5,7,12,17H,1-4,6,8-10H2/t12-/m1/s1. The second-order valence-corrected chi connectivity index (χ2v) is 5.25. The third kappa shape index (κ3) is 2.43. The molecule has 18 heavy (non-hydrogen) atoms. The van der Waals surface area contributed by atoms with Crippen LogP contribution in [0.4, 0.5) is 4.39 Å². The van der Waals surface area contributed by atoms with Crippen LogP contribution in [0.15, 0.2) is 12.1 Å². The van der Waals surface area contributed by atoms with E-state index in [4.69, 9.17) is 4.74 Å². The Bertz CT molecular complexity index is 427. The van der Waals surface area contributed by atoms with Crippen molar-refractivity contribution >= 4 is 0 Å². The Hall–Kier alpha value is -0.930. The van der Waals surface area contributed by atoms with E-state index in [2.05, 4.69) is 5.32 Å². The van der Waals surface area contributed by atoms with Gasteiger partial charge in [0.05, 0.1) is 12.7 Å². The number of benzene rings is 1. The highest BCUT2D eigenvalue weighted by Crippen LogP contribution is 2.28. The summed E-state index contributed by atoms with van der Waals surface area (Å²) < 4.78 is 19.3. The average Bonchev–Trinajstić information content (AvgIpc) is 2.90. The maximum absolute atomic E-state index is 13.6. The molecular formula is C15H20FNO. The zero-order chi connectivity index (χ0) is 12.4. The lowest BCUT2D eigenvalue weighted by molar-refractivity contribution is 0.0238. The molecule has 0 spiro atoms. The Kier molecular flexibility index (Phi) is 3.62. The van der Waals surface area contributed by atoms with Crippen LogP contribution in [0.3, 0.4) is 0 Å². The second kappa shape index (κ2) is 5.37. The van der Waals surface area contributed by atoms with Gasteiger partial charge in [0, 0.05) is 13.1 Å². The van der Waals surface area contributed by atoms with Crippen LogP contribution in [0.25, 0.3) is 0 Å². The van der Waals surface area contributed by atoms with Crippen LogP contribution in [0, 0.1) is 5.82 Å². The molecule has 1 aliphatic carbocycles. The molecule has 0 radical (unpaired) electrons. The monoisotopic (exact) mass is 249 g/mol. The van der Waals surface area contributed by atoms with Gasteiger partial charge in [0.15, 0.2) is 0 Å². The van der Waals surface area contributed by atoms with E-state index in [-0.39, 0.29) is 5.82 Å². The summed E-state index contributed by atoms with van der Waals surface area (Å²) in [4.78, 5) is 0. The second-order valence-electron chi connectivity index (χ2n) is 5.25. The van der Waals surface area contributed by atoms with Gasteiger partial charge in [-0.2, -0.15) is 0 Å². The molecule has 3 heteroatoms. The van der Waals surface area contributed by atoms with E-state index in [9.17, 15) is 4.39 Å². The van der Waals surface area contributed by atoms with Gasteiger partial charge in [0.2, 0.25) is 0 Å². The Balaban J connectivity index is 1.67. The average molecular weight is 249 g/mol. The third-order valence-electron chi connectivity index (χ3n) is 4.06. The number of ether oxygens (including phenoxy) is 1. The van der Waals surface area contributed by atoms with E-state index >= 15 is 0 Å². The van der Waals surface area contributed by atoms with Crippen LogP contribution in [-0.2, 0) is 24.0 Å². The van der Waals surface area contributed by atoms with Gasteiger partial charge in [-0.25, -0.2) is 4.39 Å². The number of hydrogen-bond acceptors (Lipinski definition) is 2. The lowest BCUT2D eigenvalue weighted by atomic mass is 9.97. The van der Waals surface area contributed by atoms with Crippen molar-refractivity contribution in [3.8, 4) is 0 Å². The molecule has 3 rings (SSSR count). The van der Waals surface area contributed by atoms with Gasteiger partial charge >= 0.3 is 0 Å². The van der Waals surface area contributed by atoms with Crippen LogP contribution < -0.4 is 5.32 Å². The SMILES string of the molecule is Fc1ccc(CC[C@@H]2CNCCO2)c2c1CCC2. The van der Waals surface area contributed by atoms with Crippen molar-refractivity contribution in [2.24, 2.45) is 0 Å². The Morgan fingerprint density at radius 3 is 3.00 bits per heavy atom. The van der Waals surface area contributed by atoms with Crippen molar-refractivity contribution in [2.45, 2.75) is 38.2 Å². The minimum atomic E-state index is -0.0122. The molecule has 0 aromatic heterocycles. The zero-order valence-electron chi connectivity index (χ0n) is 10.7. The van der Waals surface area contributed by atoms with Crippen LogP contribution in [0.1, 0.15) is 29.5 Å². The van der Waals surface area contributed by atoms with Crippen molar-refractivity contribution in [1.82, 2.24) is 5.32 Å². The summed E-state index contributed by atoms with van der Waals surface area (Å²) in [7, 11) is 0. The number of halogens is 1. The molecule has 1 atom stereocenters. The smallest absolute Gasteiger partial charge is 0.126 e. The molecule has 1 heterocycles. The number of rotatable bonds is 3. The molecule has 1 fully saturated rings. The number of nitrogens with one attached hydrogen (secondary N) is 1. The van der Waals surface area contributed by atoms with Crippen LogP contribution in [0.5, 0.6) is 0 Å². The first kappa shape index (κ1) is 12.1. The quantitative estimate of drug-likeness (QED) is 0.887. The van der Waals surface area contributed by atoms with Gasteiger partial charge in [-0.05, 0) is 54.9 Å². The lowest BCUT2D eigenvalue weighted by Crippen LogP contribution is -2.38. The largest absolute Gasteiger partial charge is 0.376 e. The topological polar surface area (TPSA) is 21.3 Å². The third-order valence-corrected chi connectivity index (χ3v) is 4.06. The van der Waals surface area contributed by atoms with E-state index in [1.807, 2.05) is 6.07 Å². The Morgan fingerprint density at radius 1 is 1.28 bits per heavy atom. The Labute approximate surface area is 108 Å². The molecule has 2 aliphatic rings. The van der Waals surface area contributed by atoms with E-state index in [1.54, 1.807) is 6.07 Å². The van der Waals surface area contributed by atoms with E-state index in [1.165, 1.54) is 11.1 Å². The molecule has 1 saturated heterocycles. The Morgan fingerprint density at radius 2 is 2.17 bits per heavy atom. The van der Waals surface area contributed by atoms with Crippen molar-refractivity contribution < 1.29 is 9.13 Å². The van der Waals surface area contributed by atoms with Gasteiger partial charge in [-0.3, -0.25) is 0 Å². The summed E-state index contributed by atoms with van der Waals surface area (Å²) in [6.07, 6.45) is 5.42. The molecule has 1 aromatic carbocycles. The zero-order valence-corrected chi connectivity index (χ0v) is 10.7. The van der Waals surface area contributed by atoms with Gasteiger partial charge < -0.3 is 10.1 Å². The van der Waals surface area contributed by atoms with Crippen LogP contribution in [0.2, 0.25) is 0 Å². The van der Waals surface area contributed by atoms with Gasteiger partial charge in [0.1, 0.15) is 5.82 Å². The highest BCUT2D eigenvalue weighted by Gasteiger charge is 2.20. The highest BCUT2D eigenvalue weighted by atomic mass is 19.1. The fourth-order valence-electron chi connectivity index (χ4n) is 3.09. The summed E-state index contributed by atoms with van der Waals surface area (Å²) >= 11 is 0. The lowest BCUT2D eigenvalue weighted by Gasteiger charge is -2.24. The number of aryl methyl sites for hydroxylation is 1. The fourth-order valence-corrected chi connectivity index (χ4v) is 3.09. The van der Waals surface area contributed by atoms with E-state index < -0.39 is 0 Å². The van der Waals surface area contributed by atoms with Crippen LogP contribution >= 0.6 is 0 Å². The highest BCUT2D eigenvalue weighted by molar-refractivity contribution is 5.39. The van der Waals surface area contributed by atoms with Crippen molar-refractivity contribution in [1.29, 1.82) is 0 Å². The minimum absolute atomic E-state index is 0.0122. The molecule has 1 N–H and O–H groups in total. The normalized spacial score (nSPS) is 23.1. The van der Waals surface area contributed by atoms with Crippen LogP contribution in [-0.4, -0.2) is 25.8 Å². The first-order valence-electron chi connectivity index (χ1n) is 6.96. The summed E-state index contributed by atoms with van der Waals surface area (Å²) in [6.45, 7) is 2.72. The van der Waals surface area contributed by atoms with E-state index in [0.717, 1.165) is 57.4 Å². The predicted octanol–water partition coefficient (Wildman–Crippen LogP) is 2.24. The number of hydrogen-bond donors (Lipinski definition) is 1. The van der Waals surface area contributed by atoms with Crippen molar-refractivity contribution in [3.63, 3.8) is 0 Å². The summed E-state index contributed by atoms with van der Waals surface area (Å²) in [5.74, 6) is -0.0122. The maximum Gasteiger partial charge on any atom is 0.126 e. The summed E-state index contributed by atoms with van der Waals surface area (Å²) in [5, 5.41) is 3.35. The molecule has 0 amide bonds. The first-order chi connectivity index (χ1) is 8.84. The van der Waals surface area contributed by atoms with Crippen molar-refractivity contribution in [2.75, 3.05) is 19.7 Å². The van der Waals surface area contributed by atoms with Gasteiger partial charge in [0.25, 0.3) is 0 Å². The molecule has 1 aromatic rings. The molecule has 0 bridgehead atoms. The maximum atomic E-state index is 13.6. The number of morpholine rings is 1. The molecule has 0 unspecified atom stereocenters. The fraction of sp³-hybridized carbons (Fsp3) is 0.600. The first-order valence-corrected chi connectivity index (χ1v) is 6.96. The molecule has 1 aliphatic heterocycles. The minimum Gasteiger partial charge on any atom is -0.376 e. The predicted molar refractivity (Wildman–Crippen MR) is 69.4 cm³/mol.